The predicted molar refractivity (Wildman–Crippen MR) is 46.6 cm³/mol. The topological polar surface area (TPSA) is 26.0 Å². The first kappa shape index (κ1) is 11.3. The molecule has 0 aliphatic rings. The van der Waals surface area contributed by atoms with Gasteiger partial charge in [-0.3, -0.25) is 0 Å². The van der Waals surface area contributed by atoms with Gasteiger partial charge in [0.25, 0.3) is 0 Å². The summed E-state index contributed by atoms with van der Waals surface area (Å²) in [6.45, 7) is -0.108. The van der Waals surface area contributed by atoms with Gasteiger partial charge in [0.2, 0.25) is 0 Å². The van der Waals surface area contributed by atoms with Crippen molar-refractivity contribution in [2.75, 3.05) is 6.54 Å². The van der Waals surface area contributed by atoms with E-state index in [-0.39, 0.29) is 19.0 Å². The SMILES string of the molecule is Cl.NCC(F)c1cccc(F)c1. The van der Waals surface area contributed by atoms with Crippen molar-refractivity contribution in [2.45, 2.75) is 6.17 Å². The molecule has 4 heteroatoms. The standard InChI is InChI=1S/C8H9F2N.ClH/c9-7-3-1-2-6(4-7)8(10)5-11;/h1-4,8H,5,11H2;1H. The lowest BCUT2D eigenvalue weighted by Crippen LogP contribution is -2.07. The van der Waals surface area contributed by atoms with Crippen molar-refractivity contribution < 1.29 is 8.78 Å². The Kier molecular flexibility index (Phi) is 4.78. The second kappa shape index (κ2) is 5.06. The molecule has 0 heterocycles. The van der Waals surface area contributed by atoms with E-state index in [0.29, 0.717) is 5.56 Å². The summed E-state index contributed by atoms with van der Waals surface area (Å²) < 4.78 is 25.2. The zero-order valence-electron chi connectivity index (χ0n) is 6.34. The molecule has 0 spiro atoms. The van der Waals surface area contributed by atoms with E-state index >= 15 is 0 Å². The number of nitrogens with two attached hydrogens (primary N) is 1. The van der Waals surface area contributed by atoms with E-state index in [4.69, 9.17) is 5.73 Å². The molecule has 0 fully saturated rings. The molecule has 0 saturated heterocycles. The molecule has 1 atom stereocenters. The smallest absolute Gasteiger partial charge is 0.137 e. The number of hydrogen-bond acceptors (Lipinski definition) is 1. The maximum Gasteiger partial charge on any atom is 0.137 e. The van der Waals surface area contributed by atoms with Crippen LogP contribution < -0.4 is 5.73 Å². The molecule has 1 unspecified atom stereocenters. The van der Waals surface area contributed by atoms with Crippen LogP contribution in [0.3, 0.4) is 0 Å². The van der Waals surface area contributed by atoms with Crippen molar-refractivity contribution in [3.63, 3.8) is 0 Å². The lowest BCUT2D eigenvalue weighted by molar-refractivity contribution is 0.351. The van der Waals surface area contributed by atoms with Gasteiger partial charge in [-0.25, -0.2) is 8.78 Å². The summed E-state index contributed by atoms with van der Waals surface area (Å²) in [5, 5.41) is 0. The van der Waals surface area contributed by atoms with Crippen LogP contribution in [0.1, 0.15) is 11.7 Å². The van der Waals surface area contributed by atoms with Gasteiger partial charge in [0.15, 0.2) is 0 Å². The average molecular weight is 194 g/mol. The minimum absolute atomic E-state index is 0. The van der Waals surface area contributed by atoms with E-state index in [2.05, 4.69) is 0 Å². The van der Waals surface area contributed by atoms with Crippen LogP contribution >= 0.6 is 12.4 Å². The van der Waals surface area contributed by atoms with Crippen molar-refractivity contribution in [2.24, 2.45) is 5.73 Å². The Morgan fingerprint density at radius 2 is 2.08 bits per heavy atom. The van der Waals surface area contributed by atoms with Crippen LogP contribution in [0.5, 0.6) is 0 Å². The van der Waals surface area contributed by atoms with Gasteiger partial charge in [0.1, 0.15) is 12.0 Å². The van der Waals surface area contributed by atoms with Crippen LogP contribution in [0, 0.1) is 5.82 Å². The third-order valence-corrected chi connectivity index (χ3v) is 1.42. The second-order valence-electron chi connectivity index (χ2n) is 2.26. The molecule has 12 heavy (non-hydrogen) atoms. The molecule has 0 aliphatic carbocycles. The van der Waals surface area contributed by atoms with Crippen molar-refractivity contribution in [3.8, 4) is 0 Å². The Hall–Kier alpha value is -0.670. The number of halogens is 3. The maximum absolute atomic E-state index is 12.8. The van der Waals surface area contributed by atoms with E-state index in [1.807, 2.05) is 0 Å². The third-order valence-electron chi connectivity index (χ3n) is 1.42. The Morgan fingerprint density at radius 3 is 2.58 bits per heavy atom. The van der Waals surface area contributed by atoms with Crippen LogP contribution in [0.4, 0.5) is 8.78 Å². The van der Waals surface area contributed by atoms with E-state index in [1.165, 1.54) is 18.2 Å². The van der Waals surface area contributed by atoms with Crippen LogP contribution in [0.25, 0.3) is 0 Å². The van der Waals surface area contributed by atoms with Gasteiger partial charge >= 0.3 is 0 Å². The number of alkyl halides is 1. The molecule has 1 aromatic rings. The zero-order chi connectivity index (χ0) is 8.27. The van der Waals surface area contributed by atoms with Gasteiger partial charge in [-0.1, -0.05) is 12.1 Å². The van der Waals surface area contributed by atoms with Gasteiger partial charge in [0.05, 0.1) is 0 Å². The third kappa shape index (κ3) is 2.75. The summed E-state index contributed by atoms with van der Waals surface area (Å²) in [6, 6.07) is 5.40. The highest BCUT2D eigenvalue weighted by atomic mass is 35.5. The lowest BCUT2D eigenvalue weighted by atomic mass is 10.1. The van der Waals surface area contributed by atoms with Crippen molar-refractivity contribution in [1.29, 1.82) is 0 Å². The molecular formula is C8H10ClF2N. The highest BCUT2D eigenvalue weighted by Gasteiger charge is 2.06. The molecule has 0 bridgehead atoms. The first-order valence-corrected chi connectivity index (χ1v) is 3.33. The Labute approximate surface area is 76.0 Å². The molecule has 1 rings (SSSR count). The van der Waals surface area contributed by atoms with E-state index in [0.717, 1.165) is 6.07 Å². The Balaban J connectivity index is 0.00000121. The van der Waals surface area contributed by atoms with Crippen molar-refractivity contribution in [3.05, 3.63) is 35.6 Å². The largest absolute Gasteiger partial charge is 0.327 e. The highest BCUT2D eigenvalue weighted by molar-refractivity contribution is 5.85. The fourth-order valence-electron chi connectivity index (χ4n) is 0.838. The van der Waals surface area contributed by atoms with Crippen LogP contribution in [-0.4, -0.2) is 6.54 Å². The Bertz CT molecular complexity index is 242. The highest BCUT2D eigenvalue weighted by Crippen LogP contribution is 2.15. The molecular weight excluding hydrogens is 184 g/mol. The molecule has 0 saturated carbocycles. The first-order valence-electron chi connectivity index (χ1n) is 3.33. The zero-order valence-corrected chi connectivity index (χ0v) is 7.15. The van der Waals surface area contributed by atoms with Gasteiger partial charge in [-0.15, -0.1) is 12.4 Å². The van der Waals surface area contributed by atoms with Gasteiger partial charge in [0, 0.05) is 6.54 Å². The quantitative estimate of drug-likeness (QED) is 0.766. The number of rotatable bonds is 2. The van der Waals surface area contributed by atoms with E-state index in [9.17, 15) is 8.78 Å². The normalized spacial score (nSPS) is 11.9. The van der Waals surface area contributed by atoms with E-state index < -0.39 is 12.0 Å². The van der Waals surface area contributed by atoms with Crippen LogP contribution in [0.15, 0.2) is 24.3 Å². The molecule has 0 amide bonds. The minimum atomic E-state index is -1.26. The summed E-state index contributed by atoms with van der Waals surface area (Å²) in [4.78, 5) is 0. The molecule has 0 radical (unpaired) electrons. The summed E-state index contributed by atoms with van der Waals surface area (Å²) in [6.07, 6.45) is -1.26. The average Bonchev–Trinajstić information content (AvgIpc) is 2.03. The molecule has 0 aromatic heterocycles. The monoisotopic (exact) mass is 193 g/mol. The number of benzene rings is 1. The van der Waals surface area contributed by atoms with Gasteiger partial charge in [-0.05, 0) is 17.7 Å². The summed E-state index contributed by atoms with van der Waals surface area (Å²) in [5.74, 6) is -0.432. The second-order valence-corrected chi connectivity index (χ2v) is 2.26. The fraction of sp³-hybridized carbons (Fsp3) is 0.250. The maximum atomic E-state index is 12.8. The number of hydrogen-bond donors (Lipinski definition) is 1. The van der Waals surface area contributed by atoms with Gasteiger partial charge in [-0.2, -0.15) is 0 Å². The van der Waals surface area contributed by atoms with Gasteiger partial charge < -0.3 is 5.73 Å². The Morgan fingerprint density at radius 1 is 1.42 bits per heavy atom. The predicted octanol–water partition coefficient (Wildman–Crippen LogP) is 2.22. The molecule has 1 aromatic carbocycles. The van der Waals surface area contributed by atoms with E-state index in [1.54, 1.807) is 0 Å². The fourth-order valence-corrected chi connectivity index (χ4v) is 0.838. The minimum Gasteiger partial charge on any atom is -0.327 e. The molecule has 0 aliphatic heterocycles. The summed E-state index contributed by atoms with van der Waals surface area (Å²) in [7, 11) is 0. The van der Waals surface area contributed by atoms with Crippen molar-refractivity contribution in [1.82, 2.24) is 0 Å². The summed E-state index contributed by atoms with van der Waals surface area (Å²) >= 11 is 0. The lowest BCUT2D eigenvalue weighted by Gasteiger charge is -2.03. The first-order chi connectivity index (χ1) is 5.24. The van der Waals surface area contributed by atoms with Crippen molar-refractivity contribution >= 4 is 12.4 Å². The van der Waals surface area contributed by atoms with Crippen LogP contribution in [0.2, 0.25) is 0 Å². The molecule has 68 valence electrons. The molecule has 2 N–H and O–H groups in total. The van der Waals surface area contributed by atoms with Crippen LogP contribution in [-0.2, 0) is 0 Å². The summed E-state index contributed by atoms with van der Waals surface area (Å²) in [5.41, 5.74) is 5.36. The molecule has 1 nitrogen and oxygen atoms in total.